The first kappa shape index (κ1) is 16.6. The summed E-state index contributed by atoms with van der Waals surface area (Å²) in [6, 6.07) is 7.65. The van der Waals surface area contributed by atoms with Gasteiger partial charge in [0.15, 0.2) is 0 Å². The third-order valence-electron chi connectivity index (χ3n) is 3.92. The van der Waals surface area contributed by atoms with E-state index >= 15 is 0 Å². The lowest BCUT2D eigenvalue weighted by Gasteiger charge is -2.25. The Morgan fingerprint density at radius 2 is 1.91 bits per heavy atom. The third kappa shape index (κ3) is 4.91. The van der Waals surface area contributed by atoms with Crippen LogP contribution in [0.2, 0.25) is 0 Å². The summed E-state index contributed by atoms with van der Waals surface area (Å²) < 4.78 is 0. The highest BCUT2D eigenvalue weighted by atomic mass is 16.3. The highest BCUT2D eigenvalue weighted by Gasteiger charge is 2.19. The van der Waals surface area contributed by atoms with Gasteiger partial charge in [0.2, 0.25) is 0 Å². The van der Waals surface area contributed by atoms with Crippen molar-refractivity contribution < 1.29 is 9.90 Å². The molecule has 1 saturated heterocycles. The van der Waals surface area contributed by atoms with E-state index in [2.05, 4.69) is 21.6 Å². The van der Waals surface area contributed by atoms with Crippen LogP contribution in [0.15, 0.2) is 24.3 Å². The summed E-state index contributed by atoms with van der Waals surface area (Å²) in [7, 11) is 0. The quantitative estimate of drug-likeness (QED) is 0.801. The van der Waals surface area contributed by atoms with Crippen molar-refractivity contribution in [2.24, 2.45) is 0 Å². The molecule has 0 unspecified atom stereocenters. The van der Waals surface area contributed by atoms with Crippen LogP contribution in [0.1, 0.15) is 39.5 Å². The van der Waals surface area contributed by atoms with Crippen LogP contribution in [0, 0.1) is 0 Å². The fraction of sp³-hybridized carbons (Fsp3) is 0.588. The van der Waals surface area contributed by atoms with Crippen molar-refractivity contribution in [1.29, 1.82) is 0 Å². The predicted octanol–water partition coefficient (Wildman–Crippen LogP) is 2.96. The lowest BCUT2D eigenvalue weighted by atomic mass is 10.1. The maximum Gasteiger partial charge on any atom is 0.319 e. The van der Waals surface area contributed by atoms with E-state index in [-0.39, 0.29) is 12.6 Å². The second-order valence-corrected chi connectivity index (χ2v) is 6.57. The van der Waals surface area contributed by atoms with Crippen LogP contribution in [0.3, 0.4) is 0 Å². The highest BCUT2D eigenvalue weighted by molar-refractivity contribution is 5.90. The minimum Gasteiger partial charge on any atom is -0.394 e. The van der Waals surface area contributed by atoms with Crippen molar-refractivity contribution in [3.8, 4) is 0 Å². The minimum atomic E-state index is -0.632. The molecular weight excluding hydrogens is 278 g/mol. The Bertz CT molecular complexity index is 494. The summed E-state index contributed by atoms with van der Waals surface area (Å²) in [4.78, 5) is 14.4. The Kier molecular flexibility index (Phi) is 5.66. The number of rotatable bonds is 4. The number of carbonyl (C=O) groups is 1. The van der Waals surface area contributed by atoms with Crippen molar-refractivity contribution in [2.75, 3.05) is 29.9 Å². The fourth-order valence-electron chi connectivity index (χ4n) is 2.62. The van der Waals surface area contributed by atoms with E-state index in [1.54, 1.807) is 13.8 Å². The molecule has 2 rings (SSSR count). The average Bonchev–Trinajstić information content (AvgIpc) is 2.76. The van der Waals surface area contributed by atoms with Crippen LogP contribution in [0.4, 0.5) is 16.2 Å². The number of anilines is 2. The lowest BCUT2D eigenvalue weighted by Crippen LogP contribution is -2.48. The zero-order chi connectivity index (χ0) is 16.0. The molecule has 5 heteroatoms. The number of nitrogens with zero attached hydrogens (tertiary/aromatic N) is 1. The molecule has 0 bridgehead atoms. The van der Waals surface area contributed by atoms with Gasteiger partial charge in [-0.1, -0.05) is 18.9 Å². The molecule has 1 aliphatic heterocycles. The summed E-state index contributed by atoms with van der Waals surface area (Å²) in [6.45, 7) is 5.61. The van der Waals surface area contributed by atoms with Gasteiger partial charge < -0.3 is 20.6 Å². The monoisotopic (exact) mass is 305 g/mol. The molecular formula is C17H27N3O2. The molecule has 1 aliphatic rings. The molecule has 0 aliphatic carbocycles. The maximum absolute atomic E-state index is 12.0. The largest absolute Gasteiger partial charge is 0.394 e. The fourth-order valence-corrected chi connectivity index (χ4v) is 2.62. The molecule has 0 spiro atoms. The molecule has 1 aromatic rings. The Labute approximate surface area is 132 Å². The number of hydrogen-bond acceptors (Lipinski definition) is 3. The highest BCUT2D eigenvalue weighted by Crippen LogP contribution is 2.22. The number of hydrogen-bond donors (Lipinski definition) is 3. The van der Waals surface area contributed by atoms with Gasteiger partial charge in [0, 0.05) is 24.5 Å². The molecule has 0 aromatic heterocycles. The first-order valence-corrected chi connectivity index (χ1v) is 8.05. The van der Waals surface area contributed by atoms with Gasteiger partial charge in [0.05, 0.1) is 12.1 Å². The van der Waals surface area contributed by atoms with E-state index in [1.165, 1.54) is 25.7 Å². The van der Waals surface area contributed by atoms with Crippen LogP contribution < -0.4 is 15.5 Å². The van der Waals surface area contributed by atoms with Gasteiger partial charge in [0.25, 0.3) is 0 Å². The van der Waals surface area contributed by atoms with E-state index in [9.17, 15) is 9.90 Å². The van der Waals surface area contributed by atoms with Gasteiger partial charge in [-0.15, -0.1) is 0 Å². The van der Waals surface area contributed by atoms with Crippen LogP contribution in [-0.2, 0) is 0 Å². The van der Waals surface area contributed by atoms with Crippen LogP contribution in [0.5, 0.6) is 0 Å². The first-order valence-electron chi connectivity index (χ1n) is 8.05. The minimum absolute atomic E-state index is 0.103. The Balaban J connectivity index is 2.00. The van der Waals surface area contributed by atoms with Gasteiger partial charge in [-0.2, -0.15) is 0 Å². The normalized spacial score (nSPS) is 16.0. The number of urea groups is 1. The van der Waals surface area contributed by atoms with Crippen molar-refractivity contribution in [3.05, 3.63) is 24.3 Å². The Morgan fingerprint density at radius 1 is 1.23 bits per heavy atom. The summed E-state index contributed by atoms with van der Waals surface area (Å²) >= 11 is 0. The molecule has 1 heterocycles. The third-order valence-corrected chi connectivity index (χ3v) is 3.92. The van der Waals surface area contributed by atoms with E-state index < -0.39 is 5.54 Å². The zero-order valence-electron chi connectivity index (χ0n) is 13.6. The van der Waals surface area contributed by atoms with Crippen molar-refractivity contribution in [2.45, 2.75) is 45.1 Å². The van der Waals surface area contributed by atoms with Crippen LogP contribution in [0.25, 0.3) is 0 Å². The van der Waals surface area contributed by atoms with Crippen molar-refractivity contribution in [1.82, 2.24) is 5.32 Å². The average molecular weight is 305 g/mol. The second kappa shape index (κ2) is 7.49. The summed E-state index contributed by atoms with van der Waals surface area (Å²) in [5.41, 5.74) is 1.29. The Hall–Kier alpha value is -1.75. The first-order chi connectivity index (χ1) is 10.5. The van der Waals surface area contributed by atoms with Gasteiger partial charge in [-0.25, -0.2) is 4.79 Å². The number of carbonyl (C=O) groups excluding carboxylic acids is 1. The molecule has 2 amide bonds. The molecule has 22 heavy (non-hydrogen) atoms. The molecule has 122 valence electrons. The number of nitrogens with one attached hydrogen (secondary N) is 2. The number of aliphatic hydroxyl groups is 1. The molecule has 1 aromatic carbocycles. The second-order valence-electron chi connectivity index (χ2n) is 6.57. The summed E-state index contributed by atoms with van der Waals surface area (Å²) in [5.74, 6) is 0. The van der Waals surface area contributed by atoms with Gasteiger partial charge >= 0.3 is 6.03 Å². The van der Waals surface area contributed by atoms with Crippen LogP contribution >= 0.6 is 0 Å². The molecule has 5 nitrogen and oxygen atoms in total. The van der Waals surface area contributed by atoms with Crippen molar-refractivity contribution in [3.63, 3.8) is 0 Å². The number of amides is 2. The van der Waals surface area contributed by atoms with Gasteiger partial charge in [-0.05, 0) is 44.9 Å². The molecule has 3 N–H and O–H groups in total. The number of aliphatic hydroxyl groups excluding tert-OH is 1. The molecule has 0 atom stereocenters. The van der Waals surface area contributed by atoms with E-state index in [0.717, 1.165) is 24.5 Å². The van der Waals surface area contributed by atoms with E-state index in [4.69, 9.17) is 0 Å². The maximum atomic E-state index is 12.0. The van der Waals surface area contributed by atoms with Gasteiger partial charge in [0.1, 0.15) is 0 Å². The summed E-state index contributed by atoms with van der Waals surface area (Å²) in [6.07, 6.45) is 5.05. The molecule has 0 saturated carbocycles. The smallest absolute Gasteiger partial charge is 0.319 e. The molecule has 1 fully saturated rings. The van der Waals surface area contributed by atoms with Crippen LogP contribution in [-0.4, -0.2) is 36.4 Å². The summed E-state index contributed by atoms with van der Waals surface area (Å²) in [5, 5.41) is 14.8. The topological polar surface area (TPSA) is 64.6 Å². The lowest BCUT2D eigenvalue weighted by molar-refractivity contribution is 0.187. The predicted molar refractivity (Wildman–Crippen MR) is 90.4 cm³/mol. The SMILES string of the molecule is CC(C)(CO)NC(=O)Nc1cccc(N2CCCCCC2)c1. The van der Waals surface area contributed by atoms with Gasteiger partial charge in [-0.3, -0.25) is 0 Å². The van der Waals surface area contributed by atoms with Crippen molar-refractivity contribution >= 4 is 17.4 Å². The zero-order valence-corrected chi connectivity index (χ0v) is 13.6. The standard InChI is InChI=1S/C17H27N3O2/c1-17(2,13-21)19-16(22)18-14-8-7-9-15(12-14)20-10-5-3-4-6-11-20/h7-9,12,21H,3-6,10-11,13H2,1-2H3,(H2,18,19,22). The van der Waals surface area contributed by atoms with E-state index in [1.807, 2.05) is 18.2 Å². The molecule has 0 radical (unpaired) electrons. The Morgan fingerprint density at radius 3 is 2.55 bits per heavy atom. The number of benzene rings is 1. The van der Waals surface area contributed by atoms with E-state index in [0.29, 0.717) is 0 Å².